The molecule has 1 aliphatic heterocycles. The minimum absolute atomic E-state index is 0.307. The highest BCUT2D eigenvalue weighted by Gasteiger charge is 2.51. The Hall–Kier alpha value is -3.62. The molecule has 4 aromatic carbocycles. The molecule has 2 heterocycles. The maximum atomic E-state index is 2.54. The highest BCUT2D eigenvalue weighted by Crippen LogP contribution is 2.46. The van der Waals surface area contributed by atoms with Crippen molar-refractivity contribution < 1.29 is 4.48 Å². The van der Waals surface area contributed by atoms with Gasteiger partial charge in [-0.25, -0.2) is 0 Å². The van der Waals surface area contributed by atoms with Gasteiger partial charge in [-0.3, -0.25) is 0 Å². The van der Waals surface area contributed by atoms with Gasteiger partial charge in [0, 0.05) is 33.8 Å². The lowest BCUT2D eigenvalue weighted by Gasteiger charge is -2.55. The minimum Gasteiger partial charge on any atom is -0.333 e. The standard InChI is InChI=1S/C32H31N2/c1-25-21-33(31-20-12-11-19-30(25)31)29-23-34(24-29,22-26-13-5-2-6-14-26)32(27-15-7-3-8-16-27)28-17-9-4-10-18-28/h2-21,29,32H,22-24H2,1H3/q+1. The number of likely N-dealkylation sites (tertiary alicyclic amines) is 1. The number of rotatable bonds is 6. The molecule has 1 saturated heterocycles. The molecule has 0 aliphatic carbocycles. The first kappa shape index (κ1) is 20.9. The van der Waals surface area contributed by atoms with Gasteiger partial charge < -0.3 is 9.05 Å². The van der Waals surface area contributed by atoms with Crippen LogP contribution in [0.3, 0.4) is 0 Å². The van der Waals surface area contributed by atoms with Crippen LogP contribution in [0, 0.1) is 6.92 Å². The van der Waals surface area contributed by atoms with Crippen molar-refractivity contribution >= 4 is 10.9 Å². The van der Waals surface area contributed by atoms with Crippen LogP contribution in [-0.4, -0.2) is 22.1 Å². The summed E-state index contributed by atoms with van der Waals surface area (Å²) in [5, 5.41) is 1.37. The van der Waals surface area contributed by atoms with E-state index >= 15 is 0 Å². The van der Waals surface area contributed by atoms with Gasteiger partial charge in [0.2, 0.25) is 0 Å². The summed E-state index contributed by atoms with van der Waals surface area (Å²) in [7, 11) is 0. The van der Waals surface area contributed by atoms with Crippen LogP contribution < -0.4 is 0 Å². The molecule has 0 spiro atoms. The number of quaternary nitrogens is 1. The second kappa shape index (κ2) is 8.62. The monoisotopic (exact) mass is 443 g/mol. The van der Waals surface area contributed by atoms with Crippen molar-refractivity contribution in [1.82, 2.24) is 4.57 Å². The average molecular weight is 444 g/mol. The summed E-state index contributed by atoms with van der Waals surface area (Å²) >= 11 is 0. The van der Waals surface area contributed by atoms with Crippen molar-refractivity contribution in [3.8, 4) is 0 Å². The quantitative estimate of drug-likeness (QED) is 0.242. The summed E-state index contributed by atoms with van der Waals surface area (Å²) in [6.07, 6.45) is 2.37. The highest BCUT2D eigenvalue weighted by molar-refractivity contribution is 5.83. The van der Waals surface area contributed by atoms with E-state index in [1.165, 1.54) is 33.2 Å². The van der Waals surface area contributed by atoms with Crippen LogP contribution >= 0.6 is 0 Å². The Bertz CT molecular complexity index is 1340. The van der Waals surface area contributed by atoms with Crippen LogP contribution in [0.2, 0.25) is 0 Å². The van der Waals surface area contributed by atoms with Gasteiger partial charge in [-0.1, -0.05) is 109 Å². The van der Waals surface area contributed by atoms with E-state index in [0.29, 0.717) is 12.1 Å². The normalized spacial score (nSPS) is 19.9. The molecule has 2 nitrogen and oxygen atoms in total. The smallest absolute Gasteiger partial charge is 0.141 e. The third-order valence-corrected chi connectivity index (χ3v) is 7.60. The molecule has 0 saturated carbocycles. The van der Waals surface area contributed by atoms with Crippen LogP contribution in [0.25, 0.3) is 10.9 Å². The van der Waals surface area contributed by atoms with E-state index in [-0.39, 0.29) is 0 Å². The van der Waals surface area contributed by atoms with Crippen molar-refractivity contribution in [1.29, 1.82) is 0 Å². The molecule has 34 heavy (non-hydrogen) atoms. The summed E-state index contributed by atoms with van der Waals surface area (Å²) in [4.78, 5) is 0. The van der Waals surface area contributed by atoms with Crippen molar-refractivity contribution in [2.75, 3.05) is 13.1 Å². The molecule has 5 aromatic rings. The third-order valence-electron chi connectivity index (χ3n) is 7.60. The zero-order valence-corrected chi connectivity index (χ0v) is 19.7. The zero-order valence-electron chi connectivity index (χ0n) is 19.7. The lowest BCUT2D eigenvalue weighted by molar-refractivity contribution is -1.00. The Kier molecular flexibility index (Phi) is 5.31. The largest absolute Gasteiger partial charge is 0.333 e. The average Bonchev–Trinajstić information content (AvgIpc) is 3.20. The van der Waals surface area contributed by atoms with Crippen molar-refractivity contribution in [2.24, 2.45) is 0 Å². The highest BCUT2D eigenvalue weighted by atomic mass is 15.5. The van der Waals surface area contributed by atoms with Gasteiger partial charge in [0.05, 0.1) is 0 Å². The summed E-state index contributed by atoms with van der Waals surface area (Å²) in [6, 6.07) is 42.9. The first-order chi connectivity index (χ1) is 16.7. The topological polar surface area (TPSA) is 4.93 Å². The Labute approximate surface area is 202 Å². The van der Waals surface area contributed by atoms with E-state index < -0.39 is 0 Å². The molecular weight excluding hydrogens is 412 g/mol. The first-order valence-corrected chi connectivity index (χ1v) is 12.3. The number of fused-ring (bicyclic) bond motifs is 1. The molecule has 1 aliphatic rings. The van der Waals surface area contributed by atoms with Crippen LogP contribution in [-0.2, 0) is 6.54 Å². The molecule has 1 aromatic heterocycles. The van der Waals surface area contributed by atoms with Gasteiger partial charge in [-0.05, 0) is 18.6 Å². The lowest BCUT2D eigenvalue weighted by Crippen LogP contribution is -2.64. The van der Waals surface area contributed by atoms with Gasteiger partial charge in [0.25, 0.3) is 0 Å². The second-order valence-electron chi connectivity index (χ2n) is 9.84. The van der Waals surface area contributed by atoms with Gasteiger partial charge in [0.15, 0.2) is 0 Å². The van der Waals surface area contributed by atoms with Gasteiger partial charge in [-0.15, -0.1) is 0 Å². The number of aromatic nitrogens is 1. The molecule has 168 valence electrons. The number of hydrogen-bond acceptors (Lipinski definition) is 0. The van der Waals surface area contributed by atoms with Crippen molar-refractivity contribution in [3.63, 3.8) is 0 Å². The fourth-order valence-corrected chi connectivity index (χ4v) is 6.12. The number of benzene rings is 4. The molecule has 0 N–H and O–H groups in total. The summed E-state index contributed by atoms with van der Waals surface area (Å²) in [5.74, 6) is 0. The Morgan fingerprint density at radius 1 is 0.706 bits per heavy atom. The van der Waals surface area contributed by atoms with E-state index in [9.17, 15) is 0 Å². The summed E-state index contributed by atoms with van der Waals surface area (Å²) in [5.41, 5.74) is 6.93. The Morgan fingerprint density at radius 2 is 1.24 bits per heavy atom. The maximum Gasteiger partial charge on any atom is 0.141 e. The van der Waals surface area contributed by atoms with E-state index in [2.05, 4.69) is 133 Å². The molecule has 0 unspecified atom stereocenters. The molecule has 2 heteroatoms. The van der Waals surface area contributed by atoms with Crippen LogP contribution in [0.1, 0.15) is 34.3 Å². The van der Waals surface area contributed by atoms with E-state index in [4.69, 9.17) is 0 Å². The number of para-hydroxylation sites is 1. The fourth-order valence-electron chi connectivity index (χ4n) is 6.12. The second-order valence-corrected chi connectivity index (χ2v) is 9.84. The van der Waals surface area contributed by atoms with Gasteiger partial charge in [-0.2, -0.15) is 0 Å². The molecular formula is C32H31N2+. The lowest BCUT2D eigenvalue weighted by atomic mass is 9.87. The number of nitrogens with zero attached hydrogens (tertiary/aromatic N) is 2. The van der Waals surface area contributed by atoms with Crippen molar-refractivity contribution in [2.45, 2.75) is 25.6 Å². The van der Waals surface area contributed by atoms with Crippen LogP contribution in [0.15, 0.2) is 121 Å². The predicted octanol–water partition coefficient (Wildman–Crippen LogP) is 7.31. The minimum atomic E-state index is 0.307. The fraction of sp³-hybridized carbons (Fsp3) is 0.188. The maximum absolute atomic E-state index is 2.54. The molecule has 0 amide bonds. The summed E-state index contributed by atoms with van der Waals surface area (Å²) in [6.45, 7) is 5.49. The SMILES string of the molecule is Cc1cn(C2C[N+](Cc3ccccc3)(C(c3ccccc3)c3ccccc3)C2)c2ccccc12. The van der Waals surface area contributed by atoms with E-state index in [0.717, 1.165) is 24.1 Å². The Balaban J connectivity index is 1.44. The number of hydrogen-bond donors (Lipinski definition) is 0. The molecule has 6 rings (SSSR count). The first-order valence-electron chi connectivity index (χ1n) is 12.3. The van der Waals surface area contributed by atoms with E-state index in [1.54, 1.807) is 0 Å². The Morgan fingerprint density at radius 3 is 1.85 bits per heavy atom. The molecule has 0 radical (unpaired) electrons. The molecule has 1 fully saturated rings. The van der Waals surface area contributed by atoms with Crippen molar-refractivity contribution in [3.05, 3.63) is 144 Å². The summed E-state index contributed by atoms with van der Waals surface area (Å²) < 4.78 is 3.58. The van der Waals surface area contributed by atoms with Crippen LogP contribution in [0.4, 0.5) is 0 Å². The van der Waals surface area contributed by atoms with E-state index in [1.807, 2.05) is 0 Å². The molecule has 0 atom stereocenters. The predicted molar refractivity (Wildman–Crippen MR) is 141 cm³/mol. The number of aryl methyl sites for hydroxylation is 1. The van der Waals surface area contributed by atoms with Gasteiger partial charge in [0.1, 0.15) is 31.7 Å². The molecule has 0 bridgehead atoms. The van der Waals surface area contributed by atoms with Gasteiger partial charge >= 0.3 is 0 Å². The third kappa shape index (κ3) is 3.65. The van der Waals surface area contributed by atoms with Crippen LogP contribution in [0.5, 0.6) is 0 Å². The zero-order chi connectivity index (χ0) is 23.0.